The fraction of sp³-hybridized carbons (Fsp3) is 0.200. The molecule has 1 aromatic carbocycles. The predicted molar refractivity (Wildman–Crippen MR) is 87.4 cm³/mol. The van der Waals surface area contributed by atoms with Crippen LogP contribution < -0.4 is 10.6 Å². The highest BCUT2D eigenvalue weighted by Gasteiger charge is 2.20. The van der Waals surface area contributed by atoms with E-state index >= 15 is 0 Å². The zero-order valence-corrected chi connectivity index (χ0v) is 13.4. The Morgan fingerprint density at radius 3 is 2.62 bits per heavy atom. The molecule has 2 rings (SSSR count). The number of furan rings is 1. The van der Waals surface area contributed by atoms with Crippen molar-refractivity contribution in [3.05, 3.63) is 56.8 Å². The molecule has 0 aliphatic carbocycles. The molecule has 9 heteroatoms. The lowest BCUT2D eigenvalue weighted by Gasteiger charge is -2.11. The average Bonchev–Trinajstić information content (AvgIpc) is 3.03. The summed E-state index contributed by atoms with van der Waals surface area (Å²) < 4.78 is 4.83. The van der Waals surface area contributed by atoms with Crippen molar-refractivity contribution in [1.82, 2.24) is 5.32 Å². The lowest BCUT2D eigenvalue weighted by atomic mass is 10.1. The third-order valence-corrected chi connectivity index (χ3v) is 3.24. The molecule has 0 fully saturated rings. The lowest BCUT2D eigenvalue weighted by Crippen LogP contribution is -2.25. The third-order valence-electron chi connectivity index (χ3n) is 3.01. The lowest BCUT2D eigenvalue weighted by molar-refractivity contribution is -0.402. The van der Waals surface area contributed by atoms with E-state index in [1.165, 1.54) is 24.3 Å². The number of rotatable bonds is 6. The first-order valence-electron chi connectivity index (χ1n) is 7.05. The summed E-state index contributed by atoms with van der Waals surface area (Å²) in [5.41, 5.74) is 0.405. The number of carbonyl (C=O) groups excluding carboxylic acids is 2. The molecule has 2 amide bonds. The molecule has 8 nitrogen and oxygen atoms in total. The Morgan fingerprint density at radius 2 is 2.00 bits per heavy atom. The molecule has 1 aromatic heterocycles. The maximum absolute atomic E-state index is 12.1. The molecule has 0 bridgehead atoms. The Morgan fingerprint density at radius 1 is 1.25 bits per heavy atom. The number of amides is 2. The minimum Gasteiger partial charge on any atom is -0.395 e. The van der Waals surface area contributed by atoms with E-state index in [0.29, 0.717) is 11.6 Å². The smallest absolute Gasteiger partial charge is 0.395 e. The summed E-state index contributed by atoms with van der Waals surface area (Å²) in [5, 5.41) is 16.1. The second-order valence-electron chi connectivity index (χ2n) is 4.79. The van der Waals surface area contributed by atoms with Gasteiger partial charge >= 0.3 is 5.88 Å². The number of carbonyl (C=O) groups is 2. The largest absolute Gasteiger partial charge is 0.433 e. The van der Waals surface area contributed by atoms with E-state index in [4.69, 9.17) is 16.0 Å². The Labute approximate surface area is 141 Å². The van der Waals surface area contributed by atoms with E-state index < -0.39 is 16.7 Å². The van der Waals surface area contributed by atoms with Crippen LogP contribution in [0.5, 0.6) is 0 Å². The van der Waals surface area contributed by atoms with Crippen LogP contribution in [0.3, 0.4) is 0 Å². The molecule has 1 heterocycles. The molecule has 126 valence electrons. The summed E-state index contributed by atoms with van der Waals surface area (Å²) in [5.74, 6) is -1.89. The van der Waals surface area contributed by atoms with E-state index in [0.717, 1.165) is 12.5 Å². The molecule has 0 aliphatic rings. The van der Waals surface area contributed by atoms with Crippen LogP contribution >= 0.6 is 11.6 Å². The van der Waals surface area contributed by atoms with Crippen LogP contribution in [0.2, 0.25) is 5.02 Å². The molecule has 0 saturated carbocycles. The molecule has 0 atom stereocenters. The van der Waals surface area contributed by atoms with Gasteiger partial charge in [-0.05, 0) is 30.7 Å². The summed E-state index contributed by atoms with van der Waals surface area (Å²) in [4.78, 5) is 34.1. The van der Waals surface area contributed by atoms with Crippen molar-refractivity contribution >= 4 is 35.0 Å². The minimum absolute atomic E-state index is 0.181. The summed E-state index contributed by atoms with van der Waals surface area (Å²) in [6.45, 7) is 2.40. The van der Waals surface area contributed by atoms with Crippen molar-refractivity contribution in [2.24, 2.45) is 0 Å². The van der Waals surface area contributed by atoms with Gasteiger partial charge in [0.1, 0.15) is 4.92 Å². The molecule has 0 saturated heterocycles. The van der Waals surface area contributed by atoms with Crippen LogP contribution in [0.4, 0.5) is 11.6 Å². The number of nitrogens with one attached hydrogen (secondary N) is 2. The summed E-state index contributed by atoms with van der Waals surface area (Å²) in [6, 6.07) is 6.66. The van der Waals surface area contributed by atoms with E-state index in [1.54, 1.807) is 0 Å². The normalized spacial score (nSPS) is 10.2. The molecular weight excluding hydrogens is 338 g/mol. The van der Waals surface area contributed by atoms with Crippen molar-refractivity contribution in [2.45, 2.75) is 13.3 Å². The first-order valence-corrected chi connectivity index (χ1v) is 7.43. The van der Waals surface area contributed by atoms with Crippen LogP contribution in [0.1, 0.15) is 34.3 Å². The fourth-order valence-corrected chi connectivity index (χ4v) is 2.06. The van der Waals surface area contributed by atoms with Gasteiger partial charge in [0.2, 0.25) is 0 Å². The van der Waals surface area contributed by atoms with Crippen molar-refractivity contribution in [2.75, 3.05) is 11.9 Å². The fourth-order valence-electron chi connectivity index (χ4n) is 1.88. The quantitative estimate of drug-likeness (QED) is 0.612. The average molecular weight is 352 g/mol. The zero-order valence-electron chi connectivity index (χ0n) is 12.7. The van der Waals surface area contributed by atoms with E-state index in [9.17, 15) is 19.7 Å². The number of benzene rings is 1. The molecular formula is C15H14ClN3O5. The highest BCUT2D eigenvalue weighted by Crippen LogP contribution is 2.23. The Kier molecular flexibility index (Phi) is 5.54. The van der Waals surface area contributed by atoms with E-state index in [2.05, 4.69) is 10.6 Å². The predicted octanol–water partition coefficient (Wildman–Crippen LogP) is 3.23. The van der Waals surface area contributed by atoms with Crippen LogP contribution in [-0.4, -0.2) is 23.3 Å². The molecule has 0 radical (unpaired) electrons. The van der Waals surface area contributed by atoms with E-state index in [-0.39, 0.29) is 22.9 Å². The van der Waals surface area contributed by atoms with Crippen molar-refractivity contribution in [3.8, 4) is 0 Å². The second kappa shape index (κ2) is 7.60. The number of halogens is 1. The number of hydrogen-bond acceptors (Lipinski definition) is 5. The molecule has 2 aromatic rings. The molecule has 24 heavy (non-hydrogen) atoms. The van der Waals surface area contributed by atoms with Gasteiger partial charge < -0.3 is 15.1 Å². The van der Waals surface area contributed by atoms with E-state index in [1.807, 2.05) is 6.92 Å². The van der Waals surface area contributed by atoms with Crippen LogP contribution in [0.25, 0.3) is 0 Å². The molecule has 0 aliphatic heterocycles. The van der Waals surface area contributed by atoms with Crippen LogP contribution in [0.15, 0.2) is 34.7 Å². The molecule has 2 N–H and O–H groups in total. The van der Waals surface area contributed by atoms with Gasteiger partial charge in [-0.1, -0.05) is 18.5 Å². The summed E-state index contributed by atoms with van der Waals surface area (Å²) in [6.07, 6.45) is 0.761. The van der Waals surface area contributed by atoms with Gasteiger partial charge in [0.15, 0.2) is 5.76 Å². The number of hydrogen-bond donors (Lipinski definition) is 2. The van der Waals surface area contributed by atoms with Crippen molar-refractivity contribution < 1.29 is 18.9 Å². The van der Waals surface area contributed by atoms with Gasteiger partial charge in [0, 0.05) is 11.6 Å². The standard InChI is InChI=1S/C15H14ClN3O5/c1-2-7-17-14(20)10-4-3-9(16)8-11(10)18-15(21)12-5-6-13(24-12)19(22)23/h3-6,8H,2,7H2,1H3,(H,17,20)(H,18,21). The highest BCUT2D eigenvalue weighted by atomic mass is 35.5. The Bertz CT molecular complexity index is 787. The molecule has 0 unspecified atom stereocenters. The third kappa shape index (κ3) is 4.11. The van der Waals surface area contributed by atoms with Gasteiger partial charge in [0.05, 0.1) is 17.3 Å². The number of anilines is 1. The van der Waals surface area contributed by atoms with Crippen molar-refractivity contribution in [1.29, 1.82) is 0 Å². The second-order valence-corrected chi connectivity index (χ2v) is 5.23. The first-order chi connectivity index (χ1) is 11.4. The maximum Gasteiger partial charge on any atom is 0.433 e. The zero-order chi connectivity index (χ0) is 17.7. The minimum atomic E-state index is -0.750. The maximum atomic E-state index is 12.1. The topological polar surface area (TPSA) is 114 Å². The molecule has 0 spiro atoms. The SMILES string of the molecule is CCCNC(=O)c1ccc(Cl)cc1NC(=O)c1ccc([N+](=O)[O-])o1. The van der Waals surface area contributed by atoms with Crippen LogP contribution in [-0.2, 0) is 0 Å². The number of nitrogens with zero attached hydrogens (tertiary/aromatic N) is 1. The number of nitro groups is 1. The van der Waals surface area contributed by atoms with Gasteiger partial charge in [-0.3, -0.25) is 19.7 Å². The van der Waals surface area contributed by atoms with Gasteiger partial charge in [-0.25, -0.2) is 0 Å². The first kappa shape index (κ1) is 17.5. The van der Waals surface area contributed by atoms with Gasteiger partial charge in [-0.15, -0.1) is 0 Å². The van der Waals surface area contributed by atoms with Crippen LogP contribution in [0, 0.1) is 10.1 Å². The van der Waals surface area contributed by atoms with Gasteiger partial charge in [-0.2, -0.15) is 0 Å². The summed E-state index contributed by atoms with van der Waals surface area (Å²) >= 11 is 5.91. The highest BCUT2D eigenvalue weighted by molar-refractivity contribution is 6.31. The van der Waals surface area contributed by atoms with Gasteiger partial charge in [0.25, 0.3) is 11.8 Å². The monoisotopic (exact) mass is 351 g/mol. The Balaban J connectivity index is 2.23. The Hall–Kier alpha value is -2.87. The summed E-state index contributed by atoms with van der Waals surface area (Å²) in [7, 11) is 0. The van der Waals surface area contributed by atoms with Crippen molar-refractivity contribution in [3.63, 3.8) is 0 Å².